The molecule has 5 heterocycles. The summed E-state index contributed by atoms with van der Waals surface area (Å²) < 4.78 is 15.3. The molecule has 5 aliphatic rings. The molecule has 2 aliphatic carbocycles. The number of amides is 4. The molecule has 3 aromatic carbocycles. The molecule has 4 amide bonds. The van der Waals surface area contributed by atoms with Gasteiger partial charge in [-0.2, -0.15) is 0 Å². The number of rotatable bonds is 11. The standard InChI is InChI=1S/C50H58N8O7/c1-28(2)41(55-48(61)63-3)47(60)58-37-14-13-36(23-37)43(58)45-52-25-38(54-45)30-7-5-29(6-8-30)32-9-10-34-22-35(12-11-33(34)21-32)39-26-51-44(53-39)40-24-50(17-18-50)27-57(40)46(59)42(56-49(62)64-4)31-15-19-65-20-16-31/h5-12,21-22,25-26,28,31,36-37,40-43H,13-20,23-24,27H2,1-4H3,(H,51,53)(H,52,54)(H,55,61)(H,56,62)/t36-,37+,40-,41-,42-,43-/m0/s1. The van der Waals surface area contributed by atoms with Crippen LogP contribution in [-0.4, -0.2) is 106 Å². The molecule has 10 rings (SSSR count). The molecule has 3 aliphatic heterocycles. The summed E-state index contributed by atoms with van der Waals surface area (Å²) in [5.74, 6) is 1.55. The molecule has 2 bridgehead atoms. The topological polar surface area (TPSA) is 184 Å². The first-order chi connectivity index (χ1) is 31.5. The molecule has 2 saturated carbocycles. The Morgan fingerprint density at radius 3 is 2.06 bits per heavy atom. The van der Waals surface area contributed by atoms with Crippen LogP contribution in [0.15, 0.2) is 73.1 Å². The number of carbonyl (C=O) groups excluding carboxylic acids is 4. The molecular weight excluding hydrogens is 825 g/mol. The fraction of sp³-hybridized carbons (Fsp3) is 0.480. The Labute approximate surface area is 378 Å². The number of H-pyrrole nitrogens is 2. The van der Waals surface area contributed by atoms with E-state index < -0.39 is 24.3 Å². The number of hydrogen-bond acceptors (Lipinski definition) is 9. The second-order valence-corrected chi connectivity index (χ2v) is 19.2. The van der Waals surface area contributed by atoms with E-state index in [9.17, 15) is 19.2 Å². The van der Waals surface area contributed by atoms with Crippen molar-refractivity contribution in [2.24, 2.45) is 23.2 Å². The van der Waals surface area contributed by atoms with Gasteiger partial charge in [-0.05, 0) is 114 Å². The van der Waals surface area contributed by atoms with Gasteiger partial charge < -0.3 is 44.6 Å². The van der Waals surface area contributed by atoms with E-state index in [1.807, 2.05) is 36.0 Å². The predicted molar refractivity (Wildman–Crippen MR) is 243 cm³/mol. The molecule has 4 N–H and O–H groups in total. The molecular formula is C50H58N8O7. The number of aromatic amines is 2. The Morgan fingerprint density at radius 1 is 0.754 bits per heavy atom. The van der Waals surface area contributed by atoms with Gasteiger partial charge in [0.2, 0.25) is 11.8 Å². The van der Waals surface area contributed by atoms with Crippen molar-refractivity contribution in [3.63, 3.8) is 0 Å². The Kier molecular flexibility index (Phi) is 11.4. The zero-order valence-electron chi connectivity index (χ0n) is 37.5. The lowest BCUT2D eigenvalue weighted by Crippen LogP contribution is -2.54. The maximum absolute atomic E-state index is 14.3. The number of nitrogens with one attached hydrogen (secondary N) is 4. The molecule has 0 unspecified atom stereocenters. The monoisotopic (exact) mass is 882 g/mol. The number of aromatic nitrogens is 4. The van der Waals surface area contributed by atoms with Gasteiger partial charge in [-0.1, -0.05) is 62.4 Å². The first-order valence-electron chi connectivity index (χ1n) is 23.2. The number of fused-ring (bicyclic) bond motifs is 3. The summed E-state index contributed by atoms with van der Waals surface area (Å²) >= 11 is 0. The quantitative estimate of drug-likeness (QED) is 0.102. The summed E-state index contributed by atoms with van der Waals surface area (Å²) in [6.07, 6.45) is 9.84. The highest BCUT2D eigenvalue weighted by Gasteiger charge is 2.56. The lowest BCUT2D eigenvalue weighted by Gasteiger charge is -2.37. The minimum Gasteiger partial charge on any atom is -0.453 e. The van der Waals surface area contributed by atoms with Crippen LogP contribution in [-0.2, 0) is 23.8 Å². The maximum Gasteiger partial charge on any atom is 0.407 e. The lowest BCUT2D eigenvalue weighted by molar-refractivity contribution is -0.139. The fourth-order valence-electron chi connectivity index (χ4n) is 11.1. The van der Waals surface area contributed by atoms with Gasteiger partial charge in [0.1, 0.15) is 23.7 Å². The van der Waals surface area contributed by atoms with E-state index in [-0.39, 0.29) is 47.2 Å². The lowest BCUT2D eigenvalue weighted by atomic mass is 9.90. The summed E-state index contributed by atoms with van der Waals surface area (Å²) in [6.45, 7) is 5.65. The van der Waals surface area contributed by atoms with Crippen molar-refractivity contribution in [1.29, 1.82) is 0 Å². The number of piperidine rings is 1. The van der Waals surface area contributed by atoms with Gasteiger partial charge in [0.15, 0.2) is 0 Å². The first-order valence-corrected chi connectivity index (χ1v) is 23.2. The van der Waals surface area contributed by atoms with Crippen molar-refractivity contribution < 1.29 is 33.4 Å². The van der Waals surface area contributed by atoms with Gasteiger partial charge in [-0.25, -0.2) is 19.6 Å². The van der Waals surface area contributed by atoms with Gasteiger partial charge in [-0.15, -0.1) is 0 Å². The number of methoxy groups -OCH3 is 2. The smallest absolute Gasteiger partial charge is 0.407 e. The third-order valence-corrected chi connectivity index (χ3v) is 14.9. The minimum atomic E-state index is -0.684. The van der Waals surface area contributed by atoms with Crippen LogP contribution in [0.4, 0.5) is 9.59 Å². The van der Waals surface area contributed by atoms with Gasteiger partial charge >= 0.3 is 12.2 Å². The van der Waals surface area contributed by atoms with Crippen molar-refractivity contribution in [3.8, 4) is 33.6 Å². The van der Waals surface area contributed by atoms with E-state index in [0.29, 0.717) is 38.5 Å². The SMILES string of the molecule is COC(=O)N[C@H](C(=O)N1[C@@H]2CC[C@@H](C2)[C@H]1c1ncc(-c2ccc(-c3ccc4cc(-c5cnc([C@@H]6CC7(CC7)CN6C(=O)[C@@H](NC(=O)OC)C6CCOCC6)[nH]5)ccc4c3)cc2)[nH]1)C(C)C. The van der Waals surface area contributed by atoms with E-state index in [4.69, 9.17) is 24.2 Å². The molecule has 340 valence electrons. The largest absolute Gasteiger partial charge is 0.453 e. The average molecular weight is 883 g/mol. The van der Waals surface area contributed by atoms with E-state index in [1.165, 1.54) is 14.2 Å². The molecule has 0 radical (unpaired) electrons. The highest BCUT2D eigenvalue weighted by Crippen LogP contribution is 2.58. The molecule has 65 heavy (non-hydrogen) atoms. The maximum atomic E-state index is 14.3. The van der Waals surface area contributed by atoms with Gasteiger partial charge in [0.25, 0.3) is 0 Å². The van der Waals surface area contributed by atoms with Crippen molar-refractivity contribution in [2.75, 3.05) is 34.0 Å². The summed E-state index contributed by atoms with van der Waals surface area (Å²) in [5.41, 5.74) is 6.07. The third kappa shape index (κ3) is 8.23. The van der Waals surface area contributed by atoms with E-state index >= 15 is 0 Å². The number of carbonyl (C=O) groups is 4. The molecule has 5 fully saturated rings. The van der Waals surface area contributed by atoms with Crippen molar-refractivity contribution in [1.82, 2.24) is 40.4 Å². The number of benzene rings is 3. The summed E-state index contributed by atoms with van der Waals surface area (Å²) in [7, 11) is 2.63. The molecule has 2 aromatic heterocycles. The minimum absolute atomic E-state index is 0.0273. The fourth-order valence-corrected chi connectivity index (χ4v) is 11.1. The number of ether oxygens (including phenoxy) is 3. The van der Waals surface area contributed by atoms with Crippen LogP contribution in [0, 0.1) is 23.2 Å². The molecule has 15 nitrogen and oxygen atoms in total. The predicted octanol–water partition coefficient (Wildman–Crippen LogP) is 7.92. The second-order valence-electron chi connectivity index (χ2n) is 19.2. The summed E-state index contributed by atoms with van der Waals surface area (Å²) in [6, 6.07) is 19.7. The highest BCUT2D eigenvalue weighted by atomic mass is 16.5. The van der Waals surface area contributed by atoms with Crippen molar-refractivity contribution in [2.45, 2.75) is 95.4 Å². The molecule has 15 heteroatoms. The van der Waals surface area contributed by atoms with Crippen LogP contribution >= 0.6 is 0 Å². The number of likely N-dealkylation sites (tertiary alicyclic amines) is 2. The normalized spacial score (nSPS) is 23.2. The Bertz CT molecular complexity index is 2590. The van der Waals surface area contributed by atoms with Crippen LogP contribution in [0.5, 0.6) is 0 Å². The van der Waals surface area contributed by atoms with Crippen LogP contribution < -0.4 is 10.6 Å². The van der Waals surface area contributed by atoms with Crippen LogP contribution in [0.3, 0.4) is 0 Å². The molecule has 1 spiro atoms. The van der Waals surface area contributed by atoms with Crippen molar-refractivity contribution >= 4 is 34.8 Å². The molecule has 3 saturated heterocycles. The number of hydrogen-bond donors (Lipinski definition) is 4. The second kappa shape index (κ2) is 17.3. The summed E-state index contributed by atoms with van der Waals surface area (Å²) in [4.78, 5) is 73.6. The first kappa shape index (κ1) is 42.7. The zero-order chi connectivity index (χ0) is 45.0. The average Bonchev–Trinajstić information content (AvgIpc) is 3.97. The van der Waals surface area contributed by atoms with E-state index in [1.54, 1.807) is 0 Å². The molecule has 6 atom stereocenters. The Balaban J connectivity index is 0.833. The Morgan fingerprint density at radius 2 is 1.37 bits per heavy atom. The molecule has 5 aromatic rings. The third-order valence-electron chi connectivity index (χ3n) is 14.9. The van der Waals surface area contributed by atoms with Gasteiger partial charge in [0, 0.05) is 31.4 Å². The number of imidazole rings is 2. The van der Waals surface area contributed by atoms with E-state index in [0.717, 1.165) is 94.6 Å². The van der Waals surface area contributed by atoms with Gasteiger partial charge in [-0.3, -0.25) is 9.59 Å². The van der Waals surface area contributed by atoms with Crippen molar-refractivity contribution in [3.05, 3.63) is 84.7 Å². The van der Waals surface area contributed by atoms with Crippen LogP contribution in [0.25, 0.3) is 44.4 Å². The van der Waals surface area contributed by atoms with Crippen LogP contribution in [0.1, 0.15) is 88.9 Å². The van der Waals surface area contributed by atoms with Gasteiger partial charge in [0.05, 0.1) is 50.1 Å². The van der Waals surface area contributed by atoms with Crippen LogP contribution in [0.2, 0.25) is 0 Å². The number of alkyl carbamates (subject to hydrolysis) is 2. The Hall–Kier alpha value is -6.22. The highest BCUT2D eigenvalue weighted by molar-refractivity contribution is 5.91. The number of nitrogens with zero attached hydrogens (tertiary/aromatic N) is 4. The summed E-state index contributed by atoms with van der Waals surface area (Å²) in [5, 5.41) is 7.84. The van der Waals surface area contributed by atoms with E-state index in [2.05, 4.69) is 81.3 Å². The zero-order valence-corrected chi connectivity index (χ0v) is 37.5.